The summed E-state index contributed by atoms with van der Waals surface area (Å²) < 4.78 is 10.4. The molecule has 0 bridgehead atoms. The quantitative estimate of drug-likeness (QED) is 0.625. The van der Waals surface area contributed by atoms with Gasteiger partial charge in [0.2, 0.25) is 5.95 Å². The van der Waals surface area contributed by atoms with Crippen LogP contribution in [0.1, 0.15) is 17.0 Å². The van der Waals surface area contributed by atoms with E-state index < -0.39 is 0 Å². The second-order valence-corrected chi connectivity index (χ2v) is 5.07. The number of benzene rings is 1. The van der Waals surface area contributed by atoms with Gasteiger partial charge in [0.05, 0.1) is 14.2 Å². The molecule has 1 heterocycles. The van der Waals surface area contributed by atoms with Crippen LogP contribution in [0.15, 0.2) is 30.3 Å². The van der Waals surface area contributed by atoms with Crippen molar-refractivity contribution in [2.45, 2.75) is 13.8 Å². The van der Waals surface area contributed by atoms with E-state index in [0.29, 0.717) is 17.4 Å². The van der Waals surface area contributed by atoms with Crippen LogP contribution in [0.3, 0.4) is 0 Å². The first kappa shape index (κ1) is 17.3. The molecule has 0 aliphatic rings. The number of aromatic nitrogens is 2. The molecule has 0 aliphatic carbocycles. The van der Waals surface area contributed by atoms with E-state index in [-0.39, 0.29) is 5.91 Å². The van der Waals surface area contributed by atoms with E-state index in [0.717, 1.165) is 17.0 Å². The van der Waals surface area contributed by atoms with Gasteiger partial charge in [0.15, 0.2) is 0 Å². The van der Waals surface area contributed by atoms with Crippen molar-refractivity contribution in [3.63, 3.8) is 0 Å². The van der Waals surface area contributed by atoms with Crippen LogP contribution in [0.2, 0.25) is 0 Å². The molecule has 7 heteroatoms. The first-order chi connectivity index (χ1) is 11.5. The van der Waals surface area contributed by atoms with Crippen LogP contribution in [0.5, 0.6) is 11.5 Å². The fourth-order valence-corrected chi connectivity index (χ4v) is 2.04. The van der Waals surface area contributed by atoms with Gasteiger partial charge in [-0.25, -0.2) is 9.97 Å². The zero-order valence-electron chi connectivity index (χ0n) is 14.1. The van der Waals surface area contributed by atoms with Crippen LogP contribution in [-0.2, 0) is 4.79 Å². The van der Waals surface area contributed by atoms with Crippen LogP contribution < -0.4 is 20.3 Å². The third-order valence-corrected chi connectivity index (χ3v) is 3.08. The maximum Gasteiger partial charge on any atom is 0.262 e. The average molecular weight is 328 g/mol. The van der Waals surface area contributed by atoms with Gasteiger partial charge in [0.25, 0.3) is 5.91 Å². The fraction of sp³-hybridized carbons (Fsp3) is 0.235. The Bertz CT molecular complexity index is 717. The Hall–Kier alpha value is -3.09. The van der Waals surface area contributed by atoms with Crippen molar-refractivity contribution < 1.29 is 14.3 Å². The van der Waals surface area contributed by atoms with Gasteiger partial charge < -0.3 is 9.47 Å². The van der Waals surface area contributed by atoms with Crippen molar-refractivity contribution in [1.29, 1.82) is 0 Å². The summed E-state index contributed by atoms with van der Waals surface area (Å²) in [5, 5.41) is 0. The summed E-state index contributed by atoms with van der Waals surface area (Å²) in [6.07, 6.45) is 3.05. The number of nitrogens with one attached hydrogen (secondary N) is 2. The van der Waals surface area contributed by atoms with Gasteiger partial charge >= 0.3 is 0 Å². The molecule has 0 radical (unpaired) electrons. The molecule has 7 nitrogen and oxygen atoms in total. The minimum atomic E-state index is -0.334. The number of rotatable bonds is 6. The van der Waals surface area contributed by atoms with E-state index in [1.807, 2.05) is 19.9 Å². The average Bonchev–Trinajstić information content (AvgIpc) is 2.57. The largest absolute Gasteiger partial charge is 0.497 e. The normalized spacial score (nSPS) is 10.5. The second-order valence-electron chi connectivity index (χ2n) is 5.07. The standard InChI is InChI=1S/C17H20N4O3/c1-11-7-12(2)19-17(18-11)21-20-16(22)6-5-13-8-14(23-3)10-15(9-13)24-4/h5-10H,1-4H3,(H,20,22)(H,18,19,21). The summed E-state index contributed by atoms with van der Waals surface area (Å²) in [5.74, 6) is 1.31. The van der Waals surface area contributed by atoms with E-state index in [2.05, 4.69) is 20.8 Å². The van der Waals surface area contributed by atoms with Crippen molar-refractivity contribution >= 4 is 17.9 Å². The number of methoxy groups -OCH3 is 2. The summed E-state index contributed by atoms with van der Waals surface area (Å²) in [6.45, 7) is 3.72. The van der Waals surface area contributed by atoms with Crippen LogP contribution in [0, 0.1) is 13.8 Å². The van der Waals surface area contributed by atoms with Crippen LogP contribution in [0.25, 0.3) is 6.08 Å². The van der Waals surface area contributed by atoms with Crippen LogP contribution in [0.4, 0.5) is 5.95 Å². The Morgan fingerprint density at radius 1 is 1.00 bits per heavy atom. The SMILES string of the molecule is COc1cc(C=CC(=O)NNc2nc(C)cc(C)n2)cc(OC)c1. The first-order valence-electron chi connectivity index (χ1n) is 7.29. The number of aryl methyl sites for hydroxylation is 2. The molecule has 0 spiro atoms. The number of ether oxygens (including phenoxy) is 2. The highest BCUT2D eigenvalue weighted by Crippen LogP contribution is 2.23. The van der Waals surface area contributed by atoms with Crippen molar-refractivity contribution in [3.05, 3.63) is 47.3 Å². The number of carbonyl (C=O) groups is 1. The highest BCUT2D eigenvalue weighted by atomic mass is 16.5. The van der Waals surface area contributed by atoms with Gasteiger partial charge in [-0.3, -0.25) is 15.6 Å². The van der Waals surface area contributed by atoms with Crippen LogP contribution in [-0.4, -0.2) is 30.1 Å². The summed E-state index contributed by atoms with van der Waals surface area (Å²) >= 11 is 0. The molecule has 0 saturated carbocycles. The highest BCUT2D eigenvalue weighted by Gasteiger charge is 2.02. The number of carbonyl (C=O) groups excluding carboxylic acids is 1. The molecule has 2 rings (SSSR count). The van der Waals surface area contributed by atoms with Gasteiger partial charge in [-0.15, -0.1) is 0 Å². The summed E-state index contributed by atoms with van der Waals surface area (Å²) in [6, 6.07) is 7.21. The molecule has 2 N–H and O–H groups in total. The molecule has 0 unspecified atom stereocenters. The Labute approximate surface area is 140 Å². The lowest BCUT2D eigenvalue weighted by Gasteiger charge is -2.07. The smallest absolute Gasteiger partial charge is 0.262 e. The Morgan fingerprint density at radius 2 is 1.58 bits per heavy atom. The summed E-state index contributed by atoms with van der Waals surface area (Å²) in [7, 11) is 3.14. The summed E-state index contributed by atoms with van der Waals surface area (Å²) in [5.41, 5.74) is 7.62. The predicted molar refractivity (Wildman–Crippen MR) is 91.9 cm³/mol. The molecule has 1 aromatic carbocycles. The zero-order valence-corrected chi connectivity index (χ0v) is 14.1. The molecule has 24 heavy (non-hydrogen) atoms. The maximum absolute atomic E-state index is 11.9. The van der Waals surface area contributed by atoms with E-state index in [1.165, 1.54) is 6.08 Å². The fourth-order valence-electron chi connectivity index (χ4n) is 2.04. The number of nitrogens with zero attached hydrogens (tertiary/aromatic N) is 2. The van der Waals surface area contributed by atoms with E-state index in [9.17, 15) is 4.79 Å². The van der Waals surface area contributed by atoms with E-state index in [1.54, 1.807) is 38.5 Å². The lowest BCUT2D eigenvalue weighted by molar-refractivity contribution is -0.116. The molecule has 1 aromatic heterocycles. The minimum Gasteiger partial charge on any atom is -0.497 e. The molecular formula is C17H20N4O3. The molecular weight excluding hydrogens is 308 g/mol. The molecule has 0 saturated heterocycles. The van der Waals surface area contributed by atoms with Gasteiger partial charge in [-0.1, -0.05) is 0 Å². The molecule has 0 aliphatic heterocycles. The Morgan fingerprint density at radius 3 is 2.12 bits per heavy atom. The first-order valence-corrected chi connectivity index (χ1v) is 7.29. The molecule has 126 valence electrons. The predicted octanol–water partition coefficient (Wildman–Crippen LogP) is 2.27. The van der Waals surface area contributed by atoms with Crippen LogP contribution >= 0.6 is 0 Å². The Balaban J connectivity index is 2.00. The third-order valence-electron chi connectivity index (χ3n) is 3.08. The number of amides is 1. The number of hydrogen-bond donors (Lipinski definition) is 2. The summed E-state index contributed by atoms with van der Waals surface area (Å²) in [4.78, 5) is 20.2. The topological polar surface area (TPSA) is 85.4 Å². The van der Waals surface area contributed by atoms with Crippen molar-refractivity contribution in [2.75, 3.05) is 19.6 Å². The van der Waals surface area contributed by atoms with Gasteiger partial charge in [0, 0.05) is 23.5 Å². The number of hydrazine groups is 1. The zero-order chi connectivity index (χ0) is 17.5. The lowest BCUT2D eigenvalue weighted by atomic mass is 10.2. The van der Waals surface area contributed by atoms with E-state index >= 15 is 0 Å². The molecule has 2 aromatic rings. The second kappa shape index (κ2) is 7.96. The van der Waals surface area contributed by atoms with Gasteiger partial charge in [-0.2, -0.15) is 0 Å². The van der Waals surface area contributed by atoms with Gasteiger partial charge in [0.1, 0.15) is 11.5 Å². The maximum atomic E-state index is 11.9. The molecule has 0 atom stereocenters. The van der Waals surface area contributed by atoms with Gasteiger partial charge in [-0.05, 0) is 43.7 Å². The van der Waals surface area contributed by atoms with Crippen molar-refractivity contribution in [1.82, 2.24) is 15.4 Å². The van der Waals surface area contributed by atoms with Crippen molar-refractivity contribution in [2.24, 2.45) is 0 Å². The van der Waals surface area contributed by atoms with Crippen molar-refractivity contribution in [3.8, 4) is 11.5 Å². The van der Waals surface area contributed by atoms with E-state index in [4.69, 9.17) is 9.47 Å². The number of anilines is 1. The number of hydrogen-bond acceptors (Lipinski definition) is 6. The highest BCUT2D eigenvalue weighted by molar-refractivity contribution is 5.92. The lowest BCUT2D eigenvalue weighted by Crippen LogP contribution is -2.28. The molecule has 0 fully saturated rings. The minimum absolute atomic E-state index is 0.334. The monoisotopic (exact) mass is 328 g/mol. The molecule has 1 amide bonds. The third kappa shape index (κ3) is 4.98. The Kier molecular flexibility index (Phi) is 5.73.